The predicted octanol–water partition coefficient (Wildman–Crippen LogP) is 4.26. The molecule has 1 saturated heterocycles. The molecule has 0 N–H and O–H groups in total. The first-order valence-corrected chi connectivity index (χ1v) is 9.40. The van der Waals surface area contributed by atoms with E-state index in [1.54, 1.807) is 0 Å². The van der Waals surface area contributed by atoms with Gasteiger partial charge in [-0.15, -0.1) is 0 Å². The average molecular weight is 341 g/mol. The Morgan fingerprint density at radius 1 is 0.833 bits per heavy atom. The summed E-state index contributed by atoms with van der Waals surface area (Å²) in [6.07, 6.45) is 1.34. The third kappa shape index (κ3) is 4.00. The molecule has 0 aromatic heterocycles. The zero-order valence-electron chi connectivity index (χ0n) is 14.1. The smallest absolute Gasteiger partial charge is 0.0406 e. The van der Waals surface area contributed by atoms with E-state index in [9.17, 15) is 0 Å². The van der Waals surface area contributed by atoms with Gasteiger partial charge in [-0.05, 0) is 41.5 Å². The van der Waals surface area contributed by atoms with Gasteiger partial charge in [-0.3, -0.25) is 4.90 Å². The van der Waals surface area contributed by atoms with Crippen molar-refractivity contribution in [2.24, 2.45) is 5.92 Å². The van der Waals surface area contributed by atoms with Crippen molar-refractivity contribution in [2.75, 3.05) is 32.7 Å². The van der Waals surface area contributed by atoms with Crippen LogP contribution in [0.2, 0.25) is 5.02 Å². The fraction of sp³-hybridized carbons (Fsp3) is 0.429. The zero-order chi connectivity index (χ0) is 16.4. The van der Waals surface area contributed by atoms with Crippen molar-refractivity contribution in [3.8, 4) is 0 Å². The quantitative estimate of drug-likeness (QED) is 0.802. The summed E-state index contributed by atoms with van der Waals surface area (Å²) >= 11 is 5.99. The van der Waals surface area contributed by atoms with Crippen LogP contribution in [0.5, 0.6) is 0 Å². The molecule has 0 spiro atoms. The number of piperazine rings is 1. The zero-order valence-corrected chi connectivity index (χ0v) is 14.8. The van der Waals surface area contributed by atoms with Crippen LogP contribution in [0.15, 0.2) is 54.6 Å². The second-order valence-corrected chi connectivity index (χ2v) is 7.65. The summed E-state index contributed by atoms with van der Waals surface area (Å²) in [6.45, 7) is 7.13. The van der Waals surface area contributed by atoms with Gasteiger partial charge in [-0.25, -0.2) is 0 Å². The third-order valence-electron chi connectivity index (χ3n) is 5.43. The molecule has 2 atom stereocenters. The van der Waals surface area contributed by atoms with Crippen LogP contribution >= 0.6 is 11.6 Å². The minimum atomic E-state index is 0.754. The number of rotatable bonds is 5. The maximum absolute atomic E-state index is 5.99. The summed E-state index contributed by atoms with van der Waals surface area (Å²) in [4.78, 5) is 5.23. The van der Waals surface area contributed by atoms with E-state index in [1.807, 2.05) is 12.1 Å². The Kier molecular flexibility index (Phi) is 4.88. The Balaban J connectivity index is 1.22. The number of benzene rings is 2. The van der Waals surface area contributed by atoms with Crippen LogP contribution in [0.25, 0.3) is 0 Å². The lowest BCUT2D eigenvalue weighted by molar-refractivity contribution is 0.123. The van der Waals surface area contributed by atoms with Gasteiger partial charge in [0.25, 0.3) is 0 Å². The summed E-state index contributed by atoms with van der Waals surface area (Å²) in [5, 5.41) is 0.838. The van der Waals surface area contributed by atoms with Gasteiger partial charge in [0.1, 0.15) is 0 Å². The third-order valence-corrected chi connectivity index (χ3v) is 5.68. The number of hydrogen-bond donors (Lipinski definition) is 0. The maximum atomic E-state index is 5.99. The molecule has 126 valence electrons. The van der Waals surface area contributed by atoms with E-state index in [2.05, 4.69) is 52.3 Å². The number of hydrogen-bond acceptors (Lipinski definition) is 2. The van der Waals surface area contributed by atoms with Crippen LogP contribution in [0, 0.1) is 5.92 Å². The van der Waals surface area contributed by atoms with E-state index in [-0.39, 0.29) is 0 Å². The van der Waals surface area contributed by atoms with Gasteiger partial charge in [0.15, 0.2) is 0 Å². The average Bonchev–Trinajstić information content (AvgIpc) is 3.37. The molecule has 0 bridgehead atoms. The highest BCUT2D eigenvalue weighted by atomic mass is 35.5. The summed E-state index contributed by atoms with van der Waals surface area (Å²) in [5.74, 6) is 1.59. The molecule has 2 nitrogen and oxygen atoms in total. The molecule has 0 unspecified atom stereocenters. The first kappa shape index (κ1) is 16.1. The van der Waals surface area contributed by atoms with Gasteiger partial charge in [0.2, 0.25) is 0 Å². The first-order valence-electron chi connectivity index (χ1n) is 9.02. The molecule has 1 aliphatic carbocycles. The molecule has 2 aromatic rings. The maximum Gasteiger partial charge on any atom is 0.0406 e. The summed E-state index contributed by atoms with van der Waals surface area (Å²) in [7, 11) is 0. The van der Waals surface area contributed by atoms with E-state index in [1.165, 1.54) is 50.3 Å². The van der Waals surface area contributed by atoms with Crippen molar-refractivity contribution in [1.29, 1.82) is 0 Å². The largest absolute Gasteiger partial charge is 0.300 e. The Labute approximate surface area is 150 Å². The van der Waals surface area contributed by atoms with Crippen LogP contribution in [0.1, 0.15) is 23.5 Å². The van der Waals surface area contributed by atoms with Crippen molar-refractivity contribution >= 4 is 11.6 Å². The van der Waals surface area contributed by atoms with Crippen LogP contribution in [0.4, 0.5) is 0 Å². The highest BCUT2D eigenvalue weighted by molar-refractivity contribution is 6.30. The van der Waals surface area contributed by atoms with Crippen LogP contribution in [-0.4, -0.2) is 42.5 Å². The summed E-state index contributed by atoms with van der Waals surface area (Å²) in [5.41, 5.74) is 2.89. The Morgan fingerprint density at radius 3 is 2.21 bits per heavy atom. The second-order valence-electron chi connectivity index (χ2n) is 7.22. The Bertz CT molecular complexity index is 647. The highest BCUT2D eigenvalue weighted by Gasteiger charge is 2.39. The minimum Gasteiger partial charge on any atom is -0.300 e. The van der Waals surface area contributed by atoms with Gasteiger partial charge in [0, 0.05) is 44.3 Å². The lowest BCUT2D eigenvalue weighted by atomic mass is 10.1. The Hall–Kier alpha value is -1.35. The molecular formula is C21H25ClN2. The lowest BCUT2D eigenvalue weighted by Crippen LogP contribution is -2.46. The molecule has 2 aliphatic rings. The van der Waals surface area contributed by atoms with Gasteiger partial charge in [-0.1, -0.05) is 54.1 Å². The van der Waals surface area contributed by atoms with E-state index >= 15 is 0 Å². The van der Waals surface area contributed by atoms with Gasteiger partial charge in [-0.2, -0.15) is 0 Å². The Morgan fingerprint density at radius 2 is 1.50 bits per heavy atom. The molecule has 1 aliphatic heterocycles. The van der Waals surface area contributed by atoms with Crippen molar-refractivity contribution in [1.82, 2.24) is 9.80 Å². The minimum absolute atomic E-state index is 0.754. The van der Waals surface area contributed by atoms with Gasteiger partial charge < -0.3 is 4.90 Å². The summed E-state index contributed by atoms with van der Waals surface area (Å²) < 4.78 is 0. The predicted molar refractivity (Wildman–Crippen MR) is 100 cm³/mol. The topological polar surface area (TPSA) is 6.48 Å². The molecule has 1 heterocycles. The lowest BCUT2D eigenvalue weighted by Gasteiger charge is -2.34. The van der Waals surface area contributed by atoms with Crippen LogP contribution < -0.4 is 0 Å². The molecule has 2 fully saturated rings. The molecule has 0 radical (unpaired) electrons. The second kappa shape index (κ2) is 7.26. The summed E-state index contributed by atoms with van der Waals surface area (Å²) in [6, 6.07) is 19.3. The molecule has 1 saturated carbocycles. The van der Waals surface area contributed by atoms with E-state index < -0.39 is 0 Å². The van der Waals surface area contributed by atoms with Gasteiger partial charge >= 0.3 is 0 Å². The fourth-order valence-electron chi connectivity index (χ4n) is 3.87. The van der Waals surface area contributed by atoms with E-state index in [0.29, 0.717) is 0 Å². The molecule has 4 rings (SSSR count). The number of nitrogens with zero attached hydrogens (tertiary/aromatic N) is 2. The van der Waals surface area contributed by atoms with E-state index in [0.717, 1.165) is 23.4 Å². The van der Waals surface area contributed by atoms with Crippen molar-refractivity contribution in [3.63, 3.8) is 0 Å². The SMILES string of the molecule is Clc1ccc([C@H]2C[C@H]2CN2CCN(Cc3ccccc3)CC2)cc1. The molecule has 3 heteroatoms. The van der Waals surface area contributed by atoms with Crippen LogP contribution in [0.3, 0.4) is 0 Å². The van der Waals surface area contributed by atoms with Crippen molar-refractivity contribution in [3.05, 3.63) is 70.7 Å². The first-order chi connectivity index (χ1) is 11.8. The van der Waals surface area contributed by atoms with Crippen molar-refractivity contribution in [2.45, 2.75) is 18.9 Å². The van der Waals surface area contributed by atoms with E-state index in [4.69, 9.17) is 11.6 Å². The fourth-order valence-corrected chi connectivity index (χ4v) is 4.00. The standard InChI is InChI=1S/C21H25ClN2/c22-20-8-6-18(7-9-20)21-14-19(21)16-24-12-10-23(11-13-24)15-17-4-2-1-3-5-17/h1-9,19,21H,10-16H2/t19-,21+/m0/s1. The molecular weight excluding hydrogens is 316 g/mol. The van der Waals surface area contributed by atoms with Crippen molar-refractivity contribution < 1.29 is 0 Å². The monoisotopic (exact) mass is 340 g/mol. The van der Waals surface area contributed by atoms with Gasteiger partial charge in [0.05, 0.1) is 0 Å². The molecule has 2 aromatic carbocycles. The molecule has 0 amide bonds. The molecule has 24 heavy (non-hydrogen) atoms. The number of halogens is 1. The van der Waals surface area contributed by atoms with Crippen LogP contribution in [-0.2, 0) is 6.54 Å². The normalized spacial score (nSPS) is 24.9. The highest BCUT2D eigenvalue weighted by Crippen LogP contribution is 2.48.